The number of hydrogen-bond acceptors (Lipinski definition) is 6. The lowest BCUT2D eigenvalue weighted by atomic mass is 9.97. The molecule has 7 nitrogen and oxygen atoms in total. The zero-order valence-corrected chi connectivity index (χ0v) is 14.7. The van der Waals surface area contributed by atoms with E-state index in [2.05, 4.69) is 20.8 Å². The molecule has 0 aromatic carbocycles. The summed E-state index contributed by atoms with van der Waals surface area (Å²) in [4.78, 5) is 26.3. The van der Waals surface area contributed by atoms with Crippen LogP contribution >= 0.6 is 23.1 Å². The van der Waals surface area contributed by atoms with Crippen molar-refractivity contribution in [1.29, 1.82) is 0 Å². The van der Waals surface area contributed by atoms with Crippen LogP contribution in [0.15, 0.2) is 4.34 Å². The smallest absolute Gasteiger partial charge is 0.317 e. The van der Waals surface area contributed by atoms with Crippen LogP contribution < -0.4 is 10.6 Å². The highest BCUT2D eigenvalue weighted by molar-refractivity contribution is 8.01. The van der Waals surface area contributed by atoms with Crippen molar-refractivity contribution in [1.82, 2.24) is 20.4 Å². The minimum atomic E-state index is -0.181. The first kappa shape index (κ1) is 16.5. The number of anilines is 1. The molecule has 2 fully saturated rings. The van der Waals surface area contributed by atoms with Crippen molar-refractivity contribution in [3.8, 4) is 0 Å². The molecule has 23 heavy (non-hydrogen) atoms. The molecule has 126 valence electrons. The highest BCUT2D eigenvalue weighted by Crippen LogP contribution is 2.26. The first-order valence-corrected chi connectivity index (χ1v) is 9.78. The van der Waals surface area contributed by atoms with Crippen molar-refractivity contribution in [3.63, 3.8) is 0 Å². The maximum Gasteiger partial charge on any atom is 0.317 e. The van der Waals surface area contributed by atoms with Gasteiger partial charge < -0.3 is 15.5 Å². The maximum absolute atomic E-state index is 12.4. The third-order valence-electron chi connectivity index (χ3n) is 3.89. The molecular weight excluding hydrogens is 334 g/mol. The van der Waals surface area contributed by atoms with Crippen LogP contribution in [0.3, 0.4) is 0 Å². The van der Waals surface area contributed by atoms with E-state index in [9.17, 15) is 9.59 Å². The average Bonchev–Trinajstić information content (AvgIpc) is 3.26. The number of rotatable bonds is 5. The third-order valence-corrected chi connectivity index (χ3v) is 5.74. The Hall–Kier alpha value is -1.35. The standard InChI is InChI=1S/C14H21N5O2S2/c1-2-22-14-18-17-12(23-14)16-11(20)9-4-3-7-19(8-9)13(21)15-10-5-6-10/h9-10H,2-8H2,1H3,(H,15,21)(H,16,17,20). The zero-order chi connectivity index (χ0) is 16.2. The lowest BCUT2D eigenvalue weighted by Gasteiger charge is -2.31. The number of carbonyl (C=O) groups excluding carboxylic acids is 2. The molecular formula is C14H21N5O2S2. The van der Waals surface area contributed by atoms with E-state index in [-0.39, 0.29) is 17.9 Å². The Balaban J connectivity index is 1.52. The van der Waals surface area contributed by atoms with E-state index in [1.54, 1.807) is 16.7 Å². The van der Waals surface area contributed by atoms with Gasteiger partial charge >= 0.3 is 6.03 Å². The summed E-state index contributed by atoms with van der Waals surface area (Å²) >= 11 is 3.00. The molecule has 1 aliphatic heterocycles. The highest BCUT2D eigenvalue weighted by atomic mass is 32.2. The van der Waals surface area contributed by atoms with Crippen LogP contribution in [-0.4, -0.2) is 51.9 Å². The van der Waals surface area contributed by atoms with Crippen LogP contribution in [0, 0.1) is 5.92 Å². The minimum Gasteiger partial charge on any atom is -0.335 e. The molecule has 1 saturated heterocycles. The van der Waals surface area contributed by atoms with Gasteiger partial charge in [0.05, 0.1) is 5.92 Å². The first-order chi connectivity index (χ1) is 11.2. The fourth-order valence-corrected chi connectivity index (χ4v) is 4.17. The minimum absolute atomic E-state index is 0.0393. The van der Waals surface area contributed by atoms with Crippen LogP contribution in [0.5, 0.6) is 0 Å². The van der Waals surface area contributed by atoms with E-state index in [0.29, 0.717) is 17.7 Å². The Morgan fingerprint density at radius 1 is 1.35 bits per heavy atom. The third kappa shape index (κ3) is 4.57. The van der Waals surface area contributed by atoms with E-state index in [1.807, 2.05) is 6.92 Å². The zero-order valence-electron chi connectivity index (χ0n) is 13.1. The molecule has 0 radical (unpaired) electrons. The van der Waals surface area contributed by atoms with Crippen LogP contribution in [-0.2, 0) is 4.79 Å². The number of nitrogens with one attached hydrogen (secondary N) is 2. The summed E-state index contributed by atoms with van der Waals surface area (Å²) < 4.78 is 0.858. The summed E-state index contributed by atoms with van der Waals surface area (Å²) in [5.41, 5.74) is 0. The lowest BCUT2D eigenvalue weighted by Crippen LogP contribution is -2.48. The van der Waals surface area contributed by atoms with Crippen LogP contribution in [0.2, 0.25) is 0 Å². The van der Waals surface area contributed by atoms with Gasteiger partial charge in [0.25, 0.3) is 0 Å². The topological polar surface area (TPSA) is 87.2 Å². The average molecular weight is 355 g/mol. The van der Waals surface area contributed by atoms with Crippen LogP contribution in [0.1, 0.15) is 32.6 Å². The number of nitrogens with zero attached hydrogens (tertiary/aromatic N) is 3. The Kier molecular flexibility index (Phi) is 5.37. The normalized spacial score (nSPS) is 21.1. The first-order valence-electron chi connectivity index (χ1n) is 7.98. The molecule has 0 bridgehead atoms. The number of amides is 3. The number of aromatic nitrogens is 2. The van der Waals surface area contributed by atoms with Crippen molar-refractivity contribution in [3.05, 3.63) is 0 Å². The van der Waals surface area contributed by atoms with E-state index in [1.165, 1.54) is 11.3 Å². The molecule has 2 heterocycles. The van der Waals surface area contributed by atoms with Gasteiger partial charge in [0.2, 0.25) is 11.0 Å². The molecule has 3 amide bonds. The summed E-state index contributed by atoms with van der Waals surface area (Å²) in [6, 6.07) is 0.301. The molecule has 1 aromatic rings. The number of piperidine rings is 1. The van der Waals surface area contributed by atoms with Crippen molar-refractivity contribution in [2.45, 2.75) is 43.0 Å². The molecule has 1 saturated carbocycles. The summed E-state index contributed by atoms with van der Waals surface area (Å²) in [6.45, 7) is 3.24. The molecule has 2 N–H and O–H groups in total. The number of carbonyl (C=O) groups is 2. The molecule has 1 atom stereocenters. The van der Waals surface area contributed by atoms with Crippen molar-refractivity contribution < 1.29 is 9.59 Å². The SMILES string of the molecule is CCSc1nnc(NC(=O)C2CCCN(C(=O)NC3CC3)C2)s1. The number of hydrogen-bond donors (Lipinski definition) is 2. The summed E-state index contributed by atoms with van der Waals surface area (Å²) in [5, 5.41) is 14.4. The van der Waals surface area contributed by atoms with Crippen molar-refractivity contribution in [2.24, 2.45) is 5.92 Å². The summed E-state index contributed by atoms with van der Waals surface area (Å²) in [5.74, 6) is 0.675. The highest BCUT2D eigenvalue weighted by Gasteiger charge is 2.31. The van der Waals surface area contributed by atoms with Gasteiger partial charge in [-0.2, -0.15) is 0 Å². The Morgan fingerprint density at radius 3 is 2.91 bits per heavy atom. The molecule has 1 aliphatic carbocycles. The molecule has 9 heteroatoms. The quantitative estimate of drug-likeness (QED) is 0.624. The van der Waals surface area contributed by atoms with Gasteiger partial charge in [-0.1, -0.05) is 30.0 Å². The monoisotopic (exact) mass is 355 g/mol. The van der Waals surface area contributed by atoms with E-state index in [4.69, 9.17) is 0 Å². The number of urea groups is 1. The number of likely N-dealkylation sites (tertiary alicyclic amines) is 1. The van der Waals surface area contributed by atoms with Gasteiger partial charge in [-0.05, 0) is 31.4 Å². The lowest BCUT2D eigenvalue weighted by molar-refractivity contribution is -0.121. The second-order valence-electron chi connectivity index (χ2n) is 5.80. The second kappa shape index (κ2) is 7.48. The van der Waals surface area contributed by atoms with Gasteiger partial charge in [-0.15, -0.1) is 10.2 Å². The van der Waals surface area contributed by atoms with Crippen LogP contribution in [0.25, 0.3) is 0 Å². The molecule has 3 rings (SSSR count). The van der Waals surface area contributed by atoms with E-state index < -0.39 is 0 Å². The Morgan fingerprint density at radius 2 is 2.17 bits per heavy atom. The predicted molar refractivity (Wildman–Crippen MR) is 90.8 cm³/mol. The largest absolute Gasteiger partial charge is 0.335 e. The number of thioether (sulfide) groups is 1. The van der Waals surface area contributed by atoms with E-state index >= 15 is 0 Å². The van der Waals surface area contributed by atoms with Crippen molar-refractivity contribution >= 4 is 40.2 Å². The van der Waals surface area contributed by atoms with Gasteiger partial charge in [-0.25, -0.2) is 4.79 Å². The van der Waals surface area contributed by atoms with Crippen LogP contribution in [0.4, 0.5) is 9.93 Å². The van der Waals surface area contributed by atoms with Gasteiger partial charge in [0.15, 0.2) is 4.34 Å². The summed E-state index contributed by atoms with van der Waals surface area (Å²) in [7, 11) is 0. The predicted octanol–water partition coefficient (Wildman–Crippen LogP) is 2.17. The molecule has 0 spiro atoms. The maximum atomic E-state index is 12.4. The second-order valence-corrected chi connectivity index (χ2v) is 8.29. The molecule has 1 aromatic heterocycles. The summed E-state index contributed by atoms with van der Waals surface area (Å²) in [6.07, 6.45) is 3.79. The Bertz CT molecular complexity index is 575. The van der Waals surface area contributed by atoms with Crippen molar-refractivity contribution in [2.75, 3.05) is 24.2 Å². The van der Waals surface area contributed by atoms with Gasteiger partial charge in [0, 0.05) is 19.1 Å². The fourth-order valence-electron chi connectivity index (χ4n) is 2.52. The van der Waals surface area contributed by atoms with E-state index in [0.717, 1.165) is 42.3 Å². The molecule has 1 unspecified atom stereocenters. The van der Waals surface area contributed by atoms with Gasteiger partial charge in [0.1, 0.15) is 0 Å². The fraction of sp³-hybridized carbons (Fsp3) is 0.714. The Labute approximate surface area is 143 Å². The molecule has 2 aliphatic rings. The van der Waals surface area contributed by atoms with Gasteiger partial charge in [-0.3, -0.25) is 4.79 Å².